The molecule has 0 aromatic heterocycles. The molecule has 4 heteroatoms. The van der Waals surface area contributed by atoms with Crippen LogP contribution in [0.4, 0.5) is 0 Å². The summed E-state index contributed by atoms with van der Waals surface area (Å²) in [7, 11) is 0. The fraction of sp³-hybridized carbons (Fsp3) is 0.846. The molecule has 0 aromatic carbocycles. The quantitative estimate of drug-likeness (QED) is 0.258. The number of hydrogen-bond donors (Lipinski definition) is 0. The molecular weight excluding hydrogens is 225 g/mol. The van der Waals surface area contributed by atoms with Crippen molar-refractivity contribution in [3.63, 3.8) is 0 Å². The van der Waals surface area contributed by atoms with Crippen molar-refractivity contribution in [1.82, 2.24) is 0 Å². The van der Waals surface area contributed by atoms with E-state index in [9.17, 15) is 9.59 Å². The zero-order valence-corrected chi connectivity index (χ0v) is 10.3. The Bertz CT molecular complexity index is 225. The van der Waals surface area contributed by atoms with E-state index in [1.807, 2.05) is 0 Å². The SMILES string of the molecule is CCCCCCCCCCCC(=O)N=C=O.[NaH]. The number of rotatable bonds is 10. The average Bonchev–Trinajstić information content (AvgIpc) is 2.27. The predicted molar refractivity (Wildman–Crippen MR) is 72.1 cm³/mol. The predicted octanol–water partition coefficient (Wildman–Crippen LogP) is 3.12. The second kappa shape index (κ2) is 16.1. The van der Waals surface area contributed by atoms with Gasteiger partial charge in [0, 0.05) is 6.42 Å². The molecule has 0 fully saturated rings. The third-order valence-corrected chi connectivity index (χ3v) is 2.66. The van der Waals surface area contributed by atoms with Crippen molar-refractivity contribution >= 4 is 41.5 Å². The first kappa shape index (κ1) is 19.4. The molecule has 17 heavy (non-hydrogen) atoms. The van der Waals surface area contributed by atoms with Crippen LogP contribution in [0.3, 0.4) is 0 Å². The van der Waals surface area contributed by atoms with Crippen molar-refractivity contribution in [2.24, 2.45) is 4.99 Å². The molecule has 3 nitrogen and oxygen atoms in total. The van der Waals surface area contributed by atoms with E-state index < -0.39 is 0 Å². The molecule has 0 spiro atoms. The Labute approximate surface area is 127 Å². The van der Waals surface area contributed by atoms with E-state index in [-0.39, 0.29) is 35.5 Å². The second-order valence-electron chi connectivity index (χ2n) is 4.18. The van der Waals surface area contributed by atoms with E-state index in [4.69, 9.17) is 0 Å². The summed E-state index contributed by atoms with van der Waals surface area (Å²) in [6.07, 6.45) is 12.6. The Morgan fingerprint density at radius 1 is 0.941 bits per heavy atom. The van der Waals surface area contributed by atoms with Crippen molar-refractivity contribution in [2.75, 3.05) is 0 Å². The van der Waals surface area contributed by atoms with Crippen LogP contribution < -0.4 is 0 Å². The minimum absolute atomic E-state index is 0. The van der Waals surface area contributed by atoms with E-state index in [1.54, 1.807) is 0 Å². The van der Waals surface area contributed by atoms with E-state index >= 15 is 0 Å². The van der Waals surface area contributed by atoms with E-state index in [2.05, 4.69) is 11.9 Å². The van der Waals surface area contributed by atoms with Gasteiger partial charge in [-0.2, -0.15) is 0 Å². The van der Waals surface area contributed by atoms with Crippen LogP contribution in [0.2, 0.25) is 0 Å². The monoisotopic (exact) mass is 249 g/mol. The fourth-order valence-electron chi connectivity index (χ4n) is 1.69. The zero-order chi connectivity index (χ0) is 12.1. The summed E-state index contributed by atoms with van der Waals surface area (Å²) in [6.45, 7) is 2.22. The fourth-order valence-corrected chi connectivity index (χ4v) is 1.69. The number of isocyanates is 1. The Morgan fingerprint density at radius 2 is 1.41 bits per heavy atom. The van der Waals surface area contributed by atoms with Crippen LogP contribution >= 0.6 is 0 Å². The number of carbonyl (C=O) groups is 1. The molecule has 0 atom stereocenters. The summed E-state index contributed by atoms with van der Waals surface area (Å²) in [4.78, 5) is 23.6. The van der Waals surface area contributed by atoms with Gasteiger partial charge in [0.05, 0.1) is 0 Å². The Hall–Kier alpha value is 0.0500. The average molecular weight is 249 g/mol. The van der Waals surface area contributed by atoms with Gasteiger partial charge in [0.2, 0.25) is 6.08 Å². The molecule has 0 bridgehead atoms. The number of carbonyl (C=O) groups excluding carboxylic acids is 2. The minimum atomic E-state index is -0.335. The molecule has 0 N–H and O–H groups in total. The number of unbranched alkanes of at least 4 members (excludes halogenated alkanes) is 8. The van der Waals surface area contributed by atoms with Gasteiger partial charge in [-0.15, -0.1) is 4.99 Å². The van der Waals surface area contributed by atoms with Crippen LogP contribution in [-0.2, 0) is 9.59 Å². The van der Waals surface area contributed by atoms with Crippen molar-refractivity contribution in [2.45, 2.75) is 71.1 Å². The molecule has 0 heterocycles. The topological polar surface area (TPSA) is 46.5 Å². The van der Waals surface area contributed by atoms with Crippen molar-refractivity contribution < 1.29 is 9.59 Å². The Balaban J connectivity index is 0. The Morgan fingerprint density at radius 3 is 1.88 bits per heavy atom. The standard InChI is InChI=1S/C13H23NO2.Na.H/c1-2-3-4-5-6-7-8-9-10-11-13(16)14-12-15;;/h2-11H2,1H3;;. The number of aliphatic imine (C=N–C) groups is 1. The maximum absolute atomic E-state index is 10.8. The first-order chi connectivity index (χ1) is 7.81. The molecule has 0 saturated carbocycles. The second-order valence-corrected chi connectivity index (χ2v) is 4.18. The molecule has 0 saturated heterocycles. The van der Waals surface area contributed by atoms with Crippen LogP contribution in [0.15, 0.2) is 4.99 Å². The van der Waals surface area contributed by atoms with Gasteiger partial charge in [0.15, 0.2) is 0 Å². The molecule has 0 aliphatic carbocycles. The summed E-state index contributed by atoms with van der Waals surface area (Å²) in [6, 6.07) is 0. The van der Waals surface area contributed by atoms with E-state index in [0.717, 1.165) is 12.8 Å². The van der Waals surface area contributed by atoms with Crippen molar-refractivity contribution in [1.29, 1.82) is 0 Å². The third-order valence-electron chi connectivity index (χ3n) is 2.66. The molecule has 0 radical (unpaired) electrons. The van der Waals surface area contributed by atoms with Gasteiger partial charge < -0.3 is 0 Å². The summed E-state index contributed by atoms with van der Waals surface area (Å²) in [5.41, 5.74) is 0. The summed E-state index contributed by atoms with van der Waals surface area (Å²) >= 11 is 0. The summed E-state index contributed by atoms with van der Waals surface area (Å²) < 4.78 is 0. The molecule has 0 aliphatic rings. The van der Waals surface area contributed by atoms with E-state index in [0.29, 0.717) is 6.42 Å². The zero-order valence-electron chi connectivity index (χ0n) is 10.3. The van der Waals surface area contributed by atoms with Crippen LogP contribution in [-0.4, -0.2) is 41.5 Å². The maximum atomic E-state index is 10.8. The molecule has 0 unspecified atom stereocenters. The number of amides is 1. The molecular formula is C13H24NNaO2. The van der Waals surface area contributed by atoms with Crippen LogP contribution in [0, 0.1) is 0 Å². The van der Waals surface area contributed by atoms with Crippen LogP contribution in [0.1, 0.15) is 71.1 Å². The van der Waals surface area contributed by atoms with Gasteiger partial charge in [-0.1, -0.05) is 58.3 Å². The molecule has 1 amide bonds. The van der Waals surface area contributed by atoms with E-state index in [1.165, 1.54) is 51.0 Å². The molecule has 0 rings (SSSR count). The first-order valence-corrected chi connectivity index (χ1v) is 6.42. The van der Waals surface area contributed by atoms with Gasteiger partial charge in [-0.3, -0.25) is 4.79 Å². The molecule has 0 aliphatic heterocycles. The summed E-state index contributed by atoms with van der Waals surface area (Å²) in [5, 5.41) is 0. The third kappa shape index (κ3) is 16.1. The van der Waals surface area contributed by atoms with Gasteiger partial charge in [-0.05, 0) is 6.42 Å². The number of hydrogen-bond acceptors (Lipinski definition) is 2. The van der Waals surface area contributed by atoms with Crippen molar-refractivity contribution in [3.8, 4) is 0 Å². The van der Waals surface area contributed by atoms with Gasteiger partial charge >= 0.3 is 29.6 Å². The first-order valence-electron chi connectivity index (χ1n) is 6.42. The molecule has 94 valence electrons. The van der Waals surface area contributed by atoms with Crippen LogP contribution in [0.25, 0.3) is 0 Å². The normalized spacial score (nSPS) is 9.24. The van der Waals surface area contributed by atoms with Crippen LogP contribution in [0.5, 0.6) is 0 Å². The van der Waals surface area contributed by atoms with Gasteiger partial charge in [0.25, 0.3) is 5.91 Å². The summed E-state index contributed by atoms with van der Waals surface area (Å²) in [5.74, 6) is -0.335. The Kier molecular flexibility index (Phi) is 18.3. The van der Waals surface area contributed by atoms with Gasteiger partial charge in [-0.25, -0.2) is 4.79 Å². The van der Waals surface area contributed by atoms with Gasteiger partial charge in [0.1, 0.15) is 0 Å². The van der Waals surface area contributed by atoms with Crippen molar-refractivity contribution in [3.05, 3.63) is 0 Å². The number of nitrogens with zero attached hydrogens (tertiary/aromatic N) is 1. The molecule has 0 aromatic rings.